The Labute approximate surface area is 128 Å². The summed E-state index contributed by atoms with van der Waals surface area (Å²) >= 11 is 0. The van der Waals surface area contributed by atoms with Crippen molar-refractivity contribution in [3.05, 3.63) is 29.8 Å². The van der Waals surface area contributed by atoms with Crippen molar-refractivity contribution < 1.29 is 9.00 Å². The number of anilines is 1. The Kier molecular flexibility index (Phi) is 5.94. The molecule has 1 N–H and O–H groups in total. The highest BCUT2D eigenvalue weighted by atomic mass is 32.2. The number of nitrogens with zero attached hydrogens (tertiary/aromatic N) is 1. The lowest BCUT2D eigenvalue weighted by molar-refractivity contribution is -0.115. The summed E-state index contributed by atoms with van der Waals surface area (Å²) in [4.78, 5) is 11.8. The lowest BCUT2D eigenvalue weighted by Gasteiger charge is -2.09. The third-order valence-electron chi connectivity index (χ3n) is 3.75. The Bertz CT molecular complexity index is 542. The first-order valence-corrected chi connectivity index (χ1v) is 8.81. The van der Waals surface area contributed by atoms with Crippen LogP contribution in [-0.2, 0) is 15.6 Å². The van der Waals surface area contributed by atoms with Gasteiger partial charge in [-0.3, -0.25) is 9.00 Å². The molecule has 4 nitrogen and oxygen atoms in total. The number of hydrogen-bond donors (Lipinski definition) is 1. The maximum absolute atomic E-state index is 11.9. The van der Waals surface area contributed by atoms with Gasteiger partial charge in [-0.25, -0.2) is 0 Å². The maximum atomic E-state index is 11.9. The topological polar surface area (TPSA) is 70.0 Å². The molecule has 0 radical (unpaired) electrons. The Morgan fingerprint density at radius 3 is 2.57 bits per heavy atom. The number of nitriles is 1. The molecule has 1 aliphatic rings. The summed E-state index contributed by atoms with van der Waals surface area (Å²) < 4.78 is 11.9. The van der Waals surface area contributed by atoms with Crippen molar-refractivity contribution in [2.24, 2.45) is 5.92 Å². The van der Waals surface area contributed by atoms with Crippen molar-refractivity contribution in [3.63, 3.8) is 0 Å². The highest BCUT2D eigenvalue weighted by Gasteiger charge is 2.18. The fourth-order valence-electron chi connectivity index (χ4n) is 2.58. The summed E-state index contributed by atoms with van der Waals surface area (Å²) in [7, 11) is -0.897. The zero-order chi connectivity index (χ0) is 15.1. The van der Waals surface area contributed by atoms with Gasteiger partial charge >= 0.3 is 0 Å². The van der Waals surface area contributed by atoms with E-state index in [4.69, 9.17) is 5.26 Å². The molecule has 1 fully saturated rings. The second-order valence-corrected chi connectivity index (χ2v) is 7.07. The Morgan fingerprint density at radius 2 is 1.95 bits per heavy atom. The Balaban J connectivity index is 1.71. The Hall–Kier alpha value is -1.67. The zero-order valence-corrected chi connectivity index (χ0v) is 12.8. The molecular formula is C16H20N2O2S. The molecular weight excluding hydrogens is 284 g/mol. The fraction of sp³-hybridized carbons (Fsp3) is 0.500. The first-order valence-electron chi connectivity index (χ1n) is 7.32. The normalized spacial score (nSPS) is 16.3. The van der Waals surface area contributed by atoms with E-state index in [0.29, 0.717) is 22.9 Å². The molecule has 1 aromatic rings. The molecule has 0 heterocycles. The first-order chi connectivity index (χ1) is 10.2. The third kappa shape index (κ3) is 5.31. The second-order valence-electron chi connectivity index (χ2n) is 5.45. The molecule has 0 saturated heterocycles. The van der Waals surface area contributed by atoms with Crippen LogP contribution in [0.4, 0.5) is 5.69 Å². The van der Waals surface area contributed by atoms with Gasteiger partial charge in [0.25, 0.3) is 0 Å². The van der Waals surface area contributed by atoms with Crippen LogP contribution in [0.1, 0.15) is 37.7 Å². The van der Waals surface area contributed by atoms with Crippen molar-refractivity contribution in [3.8, 4) is 6.07 Å². The Morgan fingerprint density at radius 1 is 1.29 bits per heavy atom. The predicted octanol–water partition coefficient (Wildman–Crippen LogP) is 2.83. The molecule has 1 aliphatic carbocycles. The summed E-state index contributed by atoms with van der Waals surface area (Å²) in [5.41, 5.74) is 1.23. The number of nitrogens with one attached hydrogen (secondary N) is 1. The van der Waals surface area contributed by atoms with Gasteiger partial charge in [-0.2, -0.15) is 5.26 Å². The third-order valence-corrected chi connectivity index (χ3v) is 5.25. The monoisotopic (exact) mass is 304 g/mol. The maximum Gasteiger partial charge on any atom is 0.225 e. The quantitative estimate of drug-likeness (QED) is 0.878. The minimum absolute atomic E-state index is 0.125. The van der Waals surface area contributed by atoms with Crippen LogP contribution in [-0.4, -0.2) is 21.6 Å². The van der Waals surface area contributed by atoms with Crippen LogP contribution >= 0.6 is 0 Å². The molecule has 2 rings (SSSR count). The molecule has 0 aromatic heterocycles. The van der Waals surface area contributed by atoms with E-state index in [2.05, 4.69) is 5.32 Å². The number of hydrogen-bond acceptors (Lipinski definition) is 3. The van der Waals surface area contributed by atoms with E-state index in [9.17, 15) is 9.00 Å². The highest BCUT2D eigenvalue weighted by molar-refractivity contribution is 7.85. The lowest BCUT2D eigenvalue weighted by Crippen LogP contribution is -2.17. The molecule has 5 heteroatoms. The van der Waals surface area contributed by atoms with E-state index < -0.39 is 10.8 Å². The minimum Gasteiger partial charge on any atom is -0.326 e. The van der Waals surface area contributed by atoms with Crippen LogP contribution in [0.5, 0.6) is 0 Å². The number of amides is 1. The smallest absolute Gasteiger partial charge is 0.225 e. The van der Waals surface area contributed by atoms with Gasteiger partial charge in [-0.05, 0) is 43.0 Å². The van der Waals surface area contributed by atoms with Crippen LogP contribution in [0.3, 0.4) is 0 Å². The molecule has 0 spiro atoms. The second kappa shape index (κ2) is 7.94. The summed E-state index contributed by atoms with van der Waals surface area (Å²) in [5, 5.41) is 11.5. The zero-order valence-electron chi connectivity index (χ0n) is 12.0. The molecule has 112 valence electrons. The molecule has 0 aliphatic heterocycles. The van der Waals surface area contributed by atoms with Gasteiger partial charge in [0, 0.05) is 34.4 Å². The van der Waals surface area contributed by atoms with Crippen LogP contribution in [0.25, 0.3) is 0 Å². The summed E-state index contributed by atoms with van der Waals surface area (Å²) in [6.07, 6.45) is 5.15. The first kappa shape index (κ1) is 15.7. The summed E-state index contributed by atoms with van der Waals surface area (Å²) in [6, 6.07) is 8.75. The van der Waals surface area contributed by atoms with Gasteiger partial charge in [0.15, 0.2) is 0 Å². The molecule has 0 bridgehead atoms. The number of carbonyl (C=O) groups is 1. The van der Waals surface area contributed by atoms with E-state index >= 15 is 0 Å². The van der Waals surface area contributed by atoms with Gasteiger partial charge in [0.2, 0.25) is 5.91 Å². The highest BCUT2D eigenvalue weighted by Crippen LogP contribution is 2.25. The summed E-state index contributed by atoms with van der Waals surface area (Å²) in [5.74, 6) is 1.63. The number of carbonyl (C=O) groups excluding carboxylic acids is 1. The van der Waals surface area contributed by atoms with Gasteiger partial charge in [0.05, 0.1) is 11.6 Å². The molecule has 1 atom stereocenters. The lowest BCUT2D eigenvalue weighted by atomic mass is 10.1. The molecule has 1 unspecified atom stereocenters. The number of rotatable bonds is 6. The SMILES string of the molecule is N#Cc1ccc(NC(=O)CCS(=O)CC2CCCC2)cc1. The fourth-order valence-corrected chi connectivity index (χ4v) is 4.02. The average molecular weight is 304 g/mol. The van der Waals surface area contributed by atoms with E-state index in [0.717, 1.165) is 5.75 Å². The largest absolute Gasteiger partial charge is 0.326 e. The van der Waals surface area contributed by atoms with Gasteiger partial charge in [0.1, 0.15) is 0 Å². The molecule has 21 heavy (non-hydrogen) atoms. The molecule has 1 aromatic carbocycles. The van der Waals surface area contributed by atoms with Crippen LogP contribution < -0.4 is 5.32 Å². The standard InChI is InChI=1S/C16H20N2O2S/c17-11-13-5-7-15(8-6-13)18-16(19)9-10-21(20)12-14-3-1-2-4-14/h5-8,14H,1-4,9-10,12H2,(H,18,19). The van der Waals surface area contributed by atoms with E-state index in [1.54, 1.807) is 24.3 Å². The number of benzene rings is 1. The van der Waals surface area contributed by atoms with Crippen molar-refractivity contribution in [2.45, 2.75) is 32.1 Å². The van der Waals surface area contributed by atoms with Crippen LogP contribution in [0.15, 0.2) is 24.3 Å². The average Bonchev–Trinajstić information content (AvgIpc) is 2.99. The van der Waals surface area contributed by atoms with Crippen molar-refractivity contribution in [1.82, 2.24) is 0 Å². The van der Waals surface area contributed by atoms with Crippen molar-refractivity contribution >= 4 is 22.4 Å². The molecule has 1 amide bonds. The van der Waals surface area contributed by atoms with E-state index in [-0.39, 0.29) is 12.3 Å². The van der Waals surface area contributed by atoms with Gasteiger partial charge in [-0.1, -0.05) is 12.8 Å². The van der Waals surface area contributed by atoms with E-state index in [1.165, 1.54) is 25.7 Å². The van der Waals surface area contributed by atoms with Gasteiger partial charge in [-0.15, -0.1) is 0 Å². The van der Waals surface area contributed by atoms with Crippen LogP contribution in [0.2, 0.25) is 0 Å². The van der Waals surface area contributed by atoms with Crippen molar-refractivity contribution in [2.75, 3.05) is 16.8 Å². The van der Waals surface area contributed by atoms with E-state index in [1.807, 2.05) is 6.07 Å². The summed E-state index contributed by atoms with van der Waals surface area (Å²) in [6.45, 7) is 0. The van der Waals surface area contributed by atoms with Gasteiger partial charge < -0.3 is 5.32 Å². The molecule has 1 saturated carbocycles. The van der Waals surface area contributed by atoms with Crippen LogP contribution in [0, 0.1) is 17.2 Å². The minimum atomic E-state index is -0.897. The van der Waals surface area contributed by atoms with Crippen molar-refractivity contribution in [1.29, 1.82) is 5.26 Å². The predicted molar refractivity (Wildman–Crippen MR) is 84.2 cm³/mol.